The van der Waals surface area contributed by atoms with Gasteiger partial charge < -0.3 is 10.4 Å². The Bertz CT molecular complexity index is 546. The van der Waals surface area contributed by atoms with E-state index in [0.29, 0.717) is 5.82 Å². The minimum atomic E-state index is -0.400. The van der Waals surface area contributed by atoms with E-state index >= 15 is 0 Å². The molecule has 1 aliphatic heterocycles. The third kappa shape index (κ3) is 3.79. The number of anilines is 1. The average molecular weight is 320 g/mol. The summed E-state index contributed by atoms with van der Waals surface area (Å²) in [5.74, 6) is 0.355. The second-order valence-electron chi connectivity index (χ2n) is 6.50. The summed E-state index contributed by atoms with van der Waals surface area (Å²) in [4.78, 5) is 17.1. The molecule has 2 unspecified atom stereocenters. The Labute approximate surface area is 135 Å². The van der Waals surface area contributed by atoms with Gasteiger partial charge >= 0.3 is 5.69 Å². The molecule has 2 heterocycles. The van der Waals surface area contributed by atoms with Crippen molar-refractivity contribution < 1.29 is 10.0 Å². The first-order chi connectivity index (χ1) is 11.1. The van der Waals surface area contributed by atoms with Crippen LogP contribution in [0, 0.1) is 10.1 Å². The van der Waals surface area contributed by atoms with Crippen molar-refractivity contribution in [2.75, 3.05) is 18.4 Å². The molecule has 2 N–H and O–H groups in total. The maximum atomic E-state index is 11.0. The van der Waals surface area contributed by atoms with Crippen molar-refractivity contribution in [1.82, 2.24) is 9.88 Å². The number of nitro groups is 1. The fourth-order valence-corrected chi connectivity index (χ4v) is 3.74. The van der Waals surface area contributed by atoms with E-state index in [-0.39, 0.29) is 23.9 Å². The van der Waals surface area contributed by atoms with Crippen LogP contribution in [-0.4, -0.2) is 51.2 Å². The van der Waals surface area contributed by atoms with E-state index < -0.39 is 4.92 Å². The van der Waals surface area contributed by atoms with Crippen molar-refractivity contribution in [2.24, 2.45) is 0 Å². The van der Waals surface area contributed by atoms with Crippen LogP contribution < -0.4 is 5.32 Å². The lowest BCUT2D eigenvalue weighted by atomic mass is 9.89. The van der Waals surface area contributed by atoms with Crippen LogP contribution >= 0.6 is 0 Å². The molecule has 2 aliphatic rings. The molecular weight excluding hydrogens is 296 g/mol. The quantitative estimate of drug-likeness (QED) is 0.652. The number of aliphatic hydroxyl groups excluding tert-OH is 1. The zero-order valence-electron chi connectivity index (χ0n) is 13.2. The first-order valence-electron chi connectivity index (χ1n) is 8.43. The van der Waals surface area contributed by atoms with Crippen molar-refractivity contribution in [2.45, 2.75) is 56.7 Å². The minimum Gasteiger partial charge on any atom is -0.391 e. The number of hydrogen-bond acceptors (Lipinski definition) is 6. The molecule has 1 aromatic rings. The molecule has 2 atom stereocenters. The molecule has 1 saturated carbocycles. The smallest absolute Gasteiger partial charge is 0.311 e. The van der Waals surface area contributed by atoms with E-state index in [4.69, 9.17) is 0 Å². The molecule has 0 bridgehead atoms. The molecule has 7 heteroatoms. The third-order valence-electron chi connectivity index (χ3n) is 5.02. The van der Waals surface area contributed by atoms with Gasteiger partial charge in [-0.2, -0.15) is 0 Å². The van der Waals surface area contributed by atoms with Crippen LogP contribution in [0.3, 0.4) is 0 Å². The van der Waals surface area contributed by atoms with Crippen molar-refractivity contribution in [1.29, 1.82) is 0 Å². The van der Waals surface area contributed by atoms with Crippen LogP contribution in [0.4, 0.5) is 11.5 Å². The van der Waals surface area contributed by atoms with Gasteiger partial charge in [-0.3, -0.25) is 15.0 Å². The molecule has 1 aromatic heterocycles. The van der Waals surface area contributed by atoms with Crippen LogP contribution in [0.15, 0.2) is 18.3 Å². The summed E-state index contributed by atoms with van der Waals surface area (Å²) in [7, 11) is 0. The van der Waals surface area contributed by atoms with Gasteiger partial charge in [0.1, 0.15) is 0 Å². The molecule has 0 amide bonds. The summed E-state index contributed by atoms with van der Waals surface area (Å²) in [5, 5.41) is 24.4. The van der Waals surface area contributed by atoms with E-state index in [1.165, 1.54) is 12.5 Å². The fourth-order valence-electron chi connectivity index (χ4n) is 3.74. The zero-order valence-corrected chi connectivity index (χ0v) is 13.2. The van der Waals surface area contributed by atoms with Gasteiger partial charge in [-0.1, -0.05) is 12.8 Å². The average Bonchev–Trinajstić information content (AvgIpc) is 2.56. The first-order valence-corrected chi connectivity index (χ1v) is 8.43. The van der Waals surface area contributed by atoms with Crippen LogP contribution in [0.25, 0.3) is 0 Å². The molecule has 0 spiro atoms. The molecule has 1 aliphatic carbocycles. The summed E-state index contributed by atoms with van der Waals surface area (Å²) in [5.41, 5.74) is 0.0256. The Kier molecular flexibility index (Phi) is 5.07. The lowest BCUT2D eigenvalue weighted by molar-refractivity contribution is -0.384. The number of aromatic nitrogens is 1. The second kappa shape index (κ2) is 7.23. The topological polar surface area (TPSA) is 91.5 Å². The summed E-state index contributed by atoms with van der Waals surface area (Å²) >= 11 is 0. The molecule has 1 saturated heterocycles. The summed E-state index contributed by atoms with van der Waals surface area (Å²) in [6.45, 7) is 1.83. The van der Waals surface area contributed by atoms with Crippen molar-refractivity contribution >= 4 is 11.5 Å². The Morgan fingerprint density at radius 1 is 1.26 bits per heavy atom. The standard InChI is InChI=1S/C16H24N4O3/c21-15-6-2-1-4-13(15)19-10-7-12(8-11-19)18-16-14(20(22)23)5-3-9-17-16/h3,5,9,12-13,15,21H,1-2,4,6-8,10-11H2,(H,17,18). The van der Waals surface area contributed by atoms with Gasteiger partial charge in [0.25, 0.3) is 0 Å². The van der Waals surface area contributed by atoms with E-state index in [2.05, 4.69) is 15.2 Å². The van der Waals surface area contributed by atoms with Crippen molar-refractivity contribution in [3.8, 4) is 0 Å². The Balaban J connectivity index is 1.56. The summed E-state index contributed by atoms with van der Waals surface area (Å²) in [6, 6.07) is 3.54. The number of nitrogens with zero attached hydrogens (tertiary/aromatic N) is 3. The largest absolute Gasteiger partial charge is 0.391 e. The Morgan fingerprint density at radius 3 is 2.70 bits per heavy atom. The zero-order chi connectivity index (χ0) is 16.2. The van der Waals surface area contributed by atoms with Gasteiger partial charge in [-0.05, 0) is 31.7 Å². The number of aliphatic hydroxyl groups is 1. The molecule has 126 valence electrons. The Morgan fingerprint density at radius 2 is 2.00 bits per heavy atom. The van der Waals surface area contributed by atoms with Crippen LogP contribution in [0.1, 0.15) is 38.5 Å². The summed E-state index contributed by atoms with van der Waals surface area (Å²) < 4.78 is 0. The first kappa shape index (κ1) is 16.1. The highest BCUT2D eigenvalue weighted by Gasteiger charge is 2.31. The van der Waals surface area contributed by atoms with Gasteiger partial charge in [-0.25, -0.2) is 4.98 Å². The lowest BCUT2D eigenvalue weighted by Gasteiger charge is -2.41. The number of hydrogen-bond donors (Lipinski definition) is 2. The highest BCUT2D eigenvalue weighted by Crippen LogP contribution is 2.28. The van der Waals surface area contributed by atoms with Crippen LogP contribution in [0.2, 0.25) is 0 Å². The maximum Gasteiger partial charge on any atom is 0.311 e. The number of pyridine rings is 1. The number of nitrogens with one attached hydrogen (secondary N) is 1. The summed E-state index contributed by atoms with van der Waals surface area (Å²) in [6.07, 6.45) is 7.49. The van der Waals surface area contributed by atoms with E-state index in [0.717, 1.165) is 45.2 Å². The normalized spacial score (nSPS) is 26.8. The molecule has 0 aromatic carbocycles. The number of piperidine rings is 1. The van der Waals surface area contributed by atoms with E-state index in [1.54, 1.807) is 12.3 Å². The molecule has 23 heavy (non-hydrogen) atoms. The predicted octanol–water partition coefficient (Wildman–Crippen LogP) is 2.17. The molecule has 0 radical (unpaired) electrons. The molecular formula is C16H24N4O3. The monoisotopic (exact) mass is 320 g/mol. The highest BCUT2D eigenvalue weighted by atomic mass is 16.6. The van der Waals surface area contributed by atoms with Gasteiger partial charge in [0.2, 0.25) is 5.82 Å². The van der Waals surface area contributed by atoms with Gasteiger partial charge in [0, 0.05) is 37.4 Å². The van der Waals surface area contributed by atoms with Crippen LogP contribution in [0.5, 0.6) is 0 Å². The SMILES string of the molecule is O=[N+]([O-])c1cccnc1NC1CCN(C2CCCCC2O)CC1. The van der Waals surface area contributed by atoms with Gasteiger partial charge in [-0.15, -0.1) is 0 Å². The fraction of sp³-hybridized carbons (Fsp3) is 0.688. The highest BCUT2D eigenvalue weighted by molar-refractivity contribution is 5.55. The van der Waals surface area contributed by atoms with Crippen molar-refractivity contribution in [3.63, 3.8) is 0 Å². The number of rotatable bonds is 4. The Hall–Kier alpha value is -1.73. The van der Waals surface area contributed by atoms with Crippen LogP contribution in [-0.2, 0) is 0 Å². The maximum absolute atomic E-state index is 11.0. The third-order valence-corrected chi connectivity index (χ3v) is 5.02. The molecule has 7 nitrogen and oxygen atoms in total. The van der Waals surface area contributed by atoms with E-state index in [9.17, 15) is 15.2 Å². The lowest BCUT2D eigenvalue weighted by Crippen LogP contribution is -2.50. The van der Waals surface area contributed by atoms with Gasteiger partial charge in [0.15, 0.2) is 0 Å². The number of likely N-dealkylation sites (tertiary alicyclic amines) is 1. The second-order valence-corrected chi connectivity index (χ2v) is 6.50. The molecule has 2 fully saturated rings. The molecule has 3 rings (SSSR count). The minimum absolute atomic E-state index is 0.0256. The van der Waals surface area contributed by atoms with Crippen molar-refractivity contribution in [3.05, 3.63) is 28.4 Å². The predicted molar refractivity (Wildman–Crippen MR) is 87.4 cm³/mol. The van der Waals surface area contributed by atoms with Gasteiger partial charge in [0.05, 0.1) is 11.0 Å². The van der Waals surface area contributed by atoms with E-state index in [1.807, 2.05) is 0 Å².